The molecule has 2 aromatic carbocycles. The van der Waals surface area contributed by atoms with Crippen molar-refractivity contribution in [3.63, 3.8) is 0 Å². The Morgan fingerprint density at radius 3 is 2.76 bits per heavy atom. The predicted octanol–water partition coefficient (Wildman–Crippen LogP) is 3.55. The zero-order valence-electron chi connectivity index (χ0n) is 11.0. The van der Waals surface area contributed by atoms with Gasteiger partial charge in [0.15, 0.2) is 6.61 Å². The molecule has 0 spiro atoms. The highest BCUT2D eigenvalue weighted by atomic mass is 35.5. The van der Waals surface area contributed by atoms with E-state index in [4.69, 9.17) is 26.5 Å². The highest BCUT2D eigenvalue weighted by Crippen LogP contribution is 2.26. The molecule has 3 rings (SSSR count). The maximum absolute atomic E-state index is 6.09. The van der Waals surface area contributed by atoms with Gasteiger partial charge in [-0.05, 0) is 24.3 Å². The second-order valence-corrected chi connectivity index (χ2v) is 4.75. The summed E-state index contributed by atoms with van der Waals surface area (Å²) in [7, 11) is 0. The maximum Gasteiger partial charge on any atom is 0.254 e. The molecule has 0 aliphatic heterocycles. The van der Waals surface area contributed by atoms with E-state index in [0.717, 1.165) is 0 Å². The van der Waals surface area contributed by atoms with Gasteiger partial charge in [0, 0.05) is 11.8 Å². The van der Waals surface area contributed by atoms with Crippen molar-refractivity contribution in [3.05, 3.63) is 59.4 Å². The Morgan fingerprint density at radius 2 is 1.95 bits per heavy atom. The first-order chi connectivity index (χ1) is 10.2. The van der Waals surface area contributed by atoms with Gasteiger partial charge in [0.25, 0.3) is 5.89 Å². The van der Waals surface area contributed by atoms with Crippen molar-refractivity contribution in [3.8, 4) is 17.2 Å². The molecule has 0 saturated carbocycles. The van der Waals surface area contributed by atoms with E-state index in [1.807, 2.05) is 30.3 Å². The number of rotatable bonds is 4. The Balaban J connectivity index is 1.72. The van der Waals surface area contributed by atoms with Gasteiger partial charge in [0.05, 0.1) is 10.6 Å². The average Bonchev–Trinajstić information content (AvgIpc) is 2.94. The van der Waals surface area contributed by atoms with Crippen molar-refractivity contribution in [2.24, 2.45) is 0 Å². The van der Waals surface area contributed by atoms with Crippen molar-refractivity contribution in [2.75, 3.05) is 5.73 Å². The highest BCUT2D eigenvalue weighted by molar-refractivity contribution is 6.33. The molecule has 0 radical (unpaired) electrons. The van der Waals surface area contributed by atoms with Gasteiger partial charge in [0.1, 0.15) is 5.75 Å². The van der Waals surface area contributed by atoms with Crippen molar-refractivity contribution in [2.45, 2.75) is 6.61 Å². The molecule has 0 amide bonds. The van der Waals surface area contributed by atoms with Crippen LogP contribution < -0.4 is 10.5 Å². The topological polar surface area (TPSA) is 74.2 Å². The lowest BCUT2D eigenvalue weighted by Crippen LogP contribution is -1.96. The molecule has 106 valence electrons. The number of anilines is 1. The summed E-state index contributed by atoms with van der Waals surface area (Å²) in [5.41, 5.74) is 7.01. The van der Waals surface area contributed by atoms with Gasteiger partial charge in [-0.3, -0.25) is 0 Å². The fourth-order valence-corrected chi connectivity index (χ4v) is 2.02. The van der Waals surface area contributed by atoms with E-state index in [1.54, 1.807) is 18.2 Å². The molecule has 0 fully saturated rings. The molecule has 0 aliphatic rings. The Bertz CT molecular complexity index is 758. The Kier molecular flexibility index (Phi) is 3.75. The lowest BCUT2D eigenvalue weighted by Gasteiger charge is -2.03. The minimum atomic E-state index is 0.168. The van der Waals surface area contributed by atoms with Gasteiger partial charge in [-0.25, -0.2) is 0 Å². The van der Waals surface area contributed by atoms with Gasteiger partial charge in [0.2, 0.25) is 5.89 Å². The number of nitrogens with two attached hydrogens (primary N) is 1. The van der Waals surface area contributed by atoms with Crippen LogP contribution in [0.25, 0.3) is 11.5 Å². The fourth-order valence-electron chi connectivity index (χ4n) is 1.80. The van der Waals surface area contributed by atoms with Crippen molar-refractivity contribution >= 4 is 17.3 Å². The van der Waals surface area contributed by atoms with Crippen molar-refractivity contribution in [1.29, 1.82) is 0 Å². The molecule has 0 atom stereocenters. The lowest BCUT2D eigenvalue weighted by atomic mass is 10.2. The number of nitrogens with zero attached hydrogens (tertiary/aromatic N) is 2. The molecule has 0 bridgehead atoms. The lowest BCUT2D eigenvalue weighted by molar-refractivity contribution is 0.264. The third-order valence-electron chi connectivity index (χ3n) is 2.79. The Morgan fingerprint density at radius 1 is 1.10 bits per heavy atom. The van der Waals surface area contributed by atoms with Crippen molar-refractivity contribution < 1.29 is 9.15 Å². The minimum absolute atomic E-state index is 0.168. The van der Waals surface area contributed by atoms with Crippen LogP contribution in [0.1, 0.15) is 5.89 Å². The normalized spacial score (nSPS) is 10.5. The standard InChI is InChI=1S/C15H12ClN3O2/c16-13-7-2-1-6-12(13)15-19-18-14(21-15)9-20-11-5-3-4-10(17)8-11/h1-8H,9,17H2. The van der Waals surface area contributed by atoms with E-state index in [1.165, 1.54) is 0 Å². The molecule has 0 saturated heterocycles. The number of nitrogen functional groups attached to an aromatic ring is 1. The van der Waals surface area contributed by atoms with E-state index in [0.29, 0.717) is 33.8 Å². The molecular formula is C15H12ClN3O2. The van der Waals surface area contributed by atoms with E-state index in [-0.39, 0.29) is 6.61 Å². The second-order valence-electron chi connectivity index (χ2n) is 4.34. The zero-order valence-corrected chi connectivity index (χ0v) is 11.7. The van der Waals surface area contributed by atoms with Crippen LogP contribution in [0.5, 0.6) is 5.75 Å². The van der Waals surface area contributed by atoms with Crippen LogP contribution in [0.3, 0.4) is 0 Å². The summed E-state index contributed by atoms with van der Waals surface area (Å²) in [5, 5.41) is 8.47. The molecule has 0 unspecified atom stereocenters. The number of benzene rings is 2. The first-order valence-corrected chi connectivity index (χ1v) is 6.66. The van der Waals surface area contributed by atoms with Crippen LogP contribution in [-0.4, -0.2) is 10.2 Å². The first-order valence-electron chi connectivity index (χ1n) is 6.28. The summed E-state index contributed by atoms with van der Waals surface area (Å²) in [6, 6.07) is 14.4. The summed E-state index contributed by atoms with van der Waals surface area (Å²) in [6.45, 7) is 0.168. The molecule has 3 aromatic rings. The van der Waals surface area contributed by atoms with Gasteiger partial charge in [-0.2, -0.15) is 0 Å². The molecule has 21 heavy (non-hydrogen) atoms. The summed E-state index contributed by atoms with van der Waals surface area (Å²) >= 11 is 6.09. The number of hydrogen-bond donors (Lipinski definition) is 1. The Labute approximate surface area is 126 Å². The largest absolute Gasteiger partial charge is 0.484 e. The monoisotopic (exact) mass is 301 g/mol. The minimum Gasteiger partial charge on any atom is -0.484 e. The first kappa shape index (κ1) is 13.5. The van der Waals surface area contributed by atoms with Crippen LogP contribution in [-0.2, 0) is 6.61 Å². The average molecular weight is 302 g/mol. The number of ether oxygens (including phenoxy) is 1. The summed E-state index contributed by atoms with van der Waals surface area (Å²) in [5.74, 6) is 1.38. The van der Waals surface area contributed by atoms with Gasteiger partial charge in [-0.1, -0.05) is 29.8 Å². The number of hydrogen-bond acceptors (Lipinski definition) is 5. The quantitative estimate of drug-likeness (QED) is 0.746. The van der Waals surface area contributed by atoms with Crippen LogP contribution in [0.2, 0.25) is 5.02 Å². The molecule has 1 heterocycles. The van der Waals surface area contributed by atoms with Gasteiger partial charge >= 0.3 is 0 Å². The predicted molar refractivity (Wildman–Crippen MR) is 79.9 cm³/mol. The SMILES string of the molecule is Nc1cccc(OCc2nnc(-c3ccccc3Cl)o2)c1. The van der Waals surface area contributed by atoms with Crippen LogP contribution in [0.4, 0.5) is 5.69 Å². The summed E-state index contributed by atoms with van der Waals surface area (Å²) in [6.07, 6.45) is 0. The van der Waals surface area contributed by atoms with E-state index in [2.05, 4.69) is 10.2 Å². The number of aromatic nitrogens is 2. The smallest absolute Gasteiger partial charge is 0.254 e. The van der Waals surface area contributed by atoms with Crippen LogP contribution >= 0.6 is 11.6 Å². The molecule has 2 N–H and O–H groups in total. The third kappa shape index (κ3) is 3.14. The molecule has 5 nitrogen and oxygen atoms in total. The summed E-state index contributed by atoms with van der Waals surface area (Å²) < 4.78 is 11.1. The molecular weight excluding hydrogens is 290 g/mol. The van der Waals surface area contributed by atoms with E-state index in [9.17, 15) is 0 Å². The molecule has 1 aromatic heterocycles. The van der Waals surface area contributed by atoms with Crippen molar-refractivity contribution in [1.82, 2.24) is 10.2 Å². The summed E-state index contributed by atoms with van der Waals surface area (Å²) in [4.78, 5) is 0. The van der Waals surface area contributed by atoms with Crippen LogP contribution in [0, 0.1) is 0 Å². The maximum atomic E-state index is 6.09. The molecule has 0 aliphatic carbocycles. The van der Waals surface area contributed by atoms with E-state index < -0.39 is 0 Å². The van der Waals surface area contributed by atoms with Crippen LogP contribution in [0.15, 0.2) is 52.9 Å². The fraction of sp³-hybridized carbons (Fsp3) is 0.0667. The van der Waals surface area contributed by atoms with Gasteiger partial charge < -0.3 is 14.9 Å². The highest BCUT2D eigenvalue weighted by Gasteiger charge is 2.11. The second kappa shape index (κ2) is 5.85. The van der Waals surface area contributed by atoms with E-state index >= 15 is 0 Å². The Hall–Kier alpha value is -2.53. The van der Waals surface area contributed by atoms with Gasteiger partial charge in [-0.15, -0.1) is 10.2 Å². The molecule has 6 heteroatoms. The third-order valence-corrected chi connectivity index (χ3v) is 3.12. The number of halogens is 1. The zero-order chi connectivity index (χ0) is 14.7.